The normalized spacial score (nSPS) is 12.7. The van der Waals surface area contributed by atoms with E-state index in [1.807, 2.05) is 24.3 Å². The average Bonchev–Trinajstić information content (AvgIpc) is 3.51. The Hall–Kier alpha value is -4.90. The molecule has 270 valence electrons. The molecule has 1 heterocycles. The van der Waals surface area contributed by atoms with Gasteiger partial charge in [0.2, 0.25) is 0 Å². The SMILES string of the molecule is COc1c(CO[Si](c2ccccc2)(c2ccccc2)C(C)(C)C)cc(OCc2ccccc2)cc1C(I)c1ccccc1.O=C1Oc2ccc(O)c1c2. The summed E-state index contributed by atoms with van der Waals surface area (Å²) < 4.78 is 24.7. The van der Waals surface area contributed by atoms with E-state index in [9.17, 15) is 4.79 Å². The zero-order chi connectivity index (χ0) is 37.4. The first-order valence-electron chi connectivity index (χ1n) is 17.5. The van der Waals surface area contributed by atoms with Gasteiger partial charge in [-0.3, -0.25) is 0 Å². The summed E-state index contributed by atoms with van der Waals surface area (Å²) in [5.74, 6) is 1.65. The minimum atomic E-state index is -2.76. The van der Waals surface area contributed by atoms with E-state index >= 15 is 0 Å². The van der Waals surface area contributed by atoms with E-state index in [2.05, 4.69) is 157 Å². The quantitative estimate of drug-likeness (QED) is 0.0607. The first-order chi connectivity index (χ1) is 25.6. The molecule has 1 aliphatic heterocycles. The Morgan fingerprint density at radius 3 is 1.85 bits per heavy atom. The van der Waals surface area contributed by atoms with Crippen molar-refractivity contribution in [2.45, 2.75) is 42.9 Å². The van der Waals surface area contributed by atoms with Gasteiger partial charge in [-0.15, -0.1) is 0 Å². The molecule has 8 heteroatoms. The fraction of sp³-hybridized carbons (Fsp3) is 0.178. The number of halogens is 1. The number of aromatic hydroxyl groups is 1. The molecule has 1 unspecified atom stereocenters. The van der Waals surface area contributed by atoms with Gasteiger partial charge in [-0.05, 0) is 56.9 Å². The van der Waals surface area contributed by atoms with Crippen LogP contribution in [0.15, 0.2) is 152 Å². The number of hydrogen-bond acceptors (Lipinski definition) is 6. The molecule has 7 rings (SSSR count). The van der Waals surface area contributed by atoms with Gasteiger partial charge < -0.3 is 23.7 Å². The largest absolute Gasteiger partial charge is 0.507 e. The summed E-state index contributed by atoms with van der Waals surface area (Å²) in [7, 11) is -1.01. The van der Waals surface area contributed by atoms with Gasteiger partial charge in [-0.1, -0.05) is 165 Å². The van der Waals surface area contributed by atoms with E-state index in [1.54, 1.807) is 13.2 Å². The Morgan fingerprint density at radius 1 is 0.736 bits per heavy atom. The van der Waals surface area contributed by atoms with Crippen LogP contribution < -0.4 is 24.6 Å². The lowest BCUT2D eigenvalue weighted by Crippen LogP contribution is -2.66. The number of phenolic OH excluding ortho intramolecular Hbond substituents is 1. The molecule has 0 aromatic heterocycles. The topological polar surface area (TPSA) is 74.2 Å². The number of carbonyl (C=O) groups excluding carboxylic acids is 1. The van der Waals surface area contributed by atoms with Crippen molar-refractivity contribution >= 4 is 47.3 Å². The second-order valence-corrected chi connectivity index (χ2v) is 19.3. The highest BCUT2D eigenvalue weighted by molar-refractivity contribution is 14.1. The number of methoxy groups -OCH3 is 1. The molecule has 6 nitrogen and oxygen atoms in total. The van der Waals surface area contributed by atoms with Crippen LogP contribution >= 0.6 is 22.6 Å². The van der Waals surface area contributed by atoms with Crippen molar-refractivity contribution in [3.05, 3.63) is 179 Å². The molecule has 0 fully saturated rings. The van der Waals surface area contributed by atoms with E-state index in [-0.39, 0.29) is 20.3 Å². The average molecular weight is 835 g/mol. The number of rotatable bonds is 11. The summed E-state index contributed by atoms with van der Waals surface area (Å²) >= 11 is 2.50. The van der Waals surface area contributed by atoms with Gasteiger partial charge in [0.15, 0.2) is 0 Å². The van der Waals surface area contributed by atoms with Crippen LogP contribution in [0.25, 0.3) is 0 Å². The standard InChI is InChI=1S/C38H39IO3Si.C7H4O3/c1-38(2,3)43(33-21-13-7-14-22-33,34-23-15-8-16-24-34)42-28-31-25-32(41-27-29-17-9-5-10-18-29)26-35(37(31)40-4)36(39)30-19-11-6-12-20-30;8-6-2-1-4-3-5(6)7(9)10-4/h5-26,36H,27-28H2,1-4H3;1-3,8H. The second kappa shape index (κ2) is 16.8. The van der Waals surface area contributed by atoms with Gasteiger partial charge in [-0.2, -0.15) is 0 Å². The van der Waals surface area contributed by atoms with Crippen molar-refractivity contribution in [3.63, 3.8) is 0 Å². The molecule has 0 aliphatic carbocycles. The van der Waals surface area contributed by atoms with Crippen LogP contribution in [0.2, 0.25) is 5.04 Å². The predicted molar refractivity (Wildman–Crippen MR) is 222 cm³/mol. The van der Waals surface area contributed by atoms with Crippen molar-refractivity contribution in [3.8, 4) is 23.0 Å². The molecule has 0 radical (unpaired) electrons. The molecule has 6 aromatic rings. The van der Waals surface area contributed by atoms with Crippen molar-refractivity contribution in [1.29, 1.82) is 0 Å². The first kappa shape index (κ1) is 37.8. The molecule has 1 N–H and O–H groups in total. The van der Waals surface area contributed by atoms with Gasteiger partial charge in [-0.25, -0.2) is 4.79 Å². The molecule has 2 bridgehead atoms. The van der Waals surface area contributed by atoms with E-state index in [0.717, 1.165) is 28.2 Å². The Kier molecular flexibility index (Phi) is 12.0. The summed E-state index contributed by atoms with van der Waals surface area (Å²) in [6.07, 6.45) is 0. The molecule has 0 spiro atoms. The van der Waals surface area contributed by atoms with Crippen molar-refractivity contribution in [1.82, 2.24) is 0 Å². The Bertz CT molecular complexity index is 2080. The number of hydrogen-bond donors (Lipinski definition) is 1. The number of alkyl halides is 1. The number of benzene rings is 6. The summed E-state index contributed by atoms with van der Waals surface area (Å²) in [6, 6.07) is 51.0. The number of carbonyl (C=O) groups is 1. The van der Waals surface area contributed by atoms with Gasteiger partial charge in [0.05, 0.1) is 17.6 Å². The molecule has 53 heavy (non-hydrogen) atoms. The zero-order valence-electron chi connectivity index (χ0n) is 30.3. The fourth-order valence-electron chi connectivity index (χ4n) is 6.71. The van der Waals surface area contributed by atoms with Crippen molar-refractivity contribution < 1.29 is 28.5 Å². The van der Waals surface area contributed by atoms with Crippen LogP contribution in [0, 0.1) is 0 Å². The monoisotopic (exact) mass is 834 g/mol. The van der Waals surface area contributed by atoms with E-state index in [4.69, 9.17) is 19.0 Å². The highest BCUT2D eigenvalue weighted by atomic mass is 127. The number of ether oxygens (including phenoxy) is 3. The Balaban J connectivity index is 0.000000411. The summed E-state index contributed by atoms with van der Waals surface area (Å²) in [5.41, 5.74) is 4.63. The molecule has 0 amide bonds. The summed E-state index contributed by atoms with van der Waals surface area (Å²) in [5, 5.41) is 11.4. The van der Waals surface area contributed by atoms with Crippen molar-refractivity contribution in [2.24, 2.45) is 0 Å². The number of phenols is 1. The molecular weight excluding hydrogens is 791 g/mol. The van der Waals surface area contributed by atoms with Gasteiger partial charge in [0.1, 0.15) is 35.2 Å². The number of esters is 1. The van der Waals surface area contributed by atoms with Gasteiger partial charge in [0.25, 0.3) is 8.32 Å². The molecule has 0 saturated heterocycles. The highest BCUT2D eigenvalue weighted by Crippen LogP contribution is 2.43. The zero-order valence-corrected chi connectivity index (χ0v) is 33.4. The van der Waals surface area contributed by atoms with E-state index in [1.165, 1.54) is 28.1 Å². The molecule has 1 atom stereocenters. The van der Waals surface area contributed by atoms with Gasteiger partial charge in [0, 0.05) is 11.1 Å². The third kappa shape index (κ3) is 8.51. The second-order valence-electron chi connectivity index (χ2n) is 13.8. The van der Waals surface area contributed by atoms with Gasteiger partial charge >= 0.3 is 5.97 Å². The lowest BCUT2D eigenvalue weighted by atomic mass is 10.0. The van der Waals surface area contributed by atoms with Crippen LogP contribution in [-0.2, 0) is 17.6 Å². The Morgan fingerprint density at radius 2 is 1.30 bits per heavy atom. The van der Waals surface area contributed by atoms with Crippen LogP contribution in [0.3, 0.4) is 0 Å². The van der Waals surface area contributed by atoms with E-state index in [0.29, 0.717) is 19.0 Å². The predicted octanol–water partition coefficient (Wildman–Crippen LogP) is 9.80. The molecular formula is C45H43IO6Si. The van der Waals surface area contributed by atoms with E-state index < -0.39 is 14.3 Å². The van der Waals surface area contributed by atoms with Crippen LogP contribution in [0.5, 0.6) is 23.0 Å². The fourth-order valence-corrected chi connectivity index (χ4v) is 12.1. The minimum Gasteiger partial charge on any atom is -0.507 e. The Labute approximate surface area is 326 Å². The molecule has 1 aliphatic rings. The highest BCUT2D eigenvalue weighted by Gasteiger charge is 2.50. The molecule has 0 saturated carbocycles. The summed E-state index contributed by atoms with van der Waals surface area (Å²) in [4.78, 5) is 10.7. The van der Waals surface area contributed by atoms with Crippen LogP contribution in [0.1, 0.15) is 57.3 Å². The maximum Gasteiger partial charge on any atom is 0.347 e. The molecule has 6 aromatic carbocycles. The first-order valence-corrected chi connectivity index (χ1v) is 20.6. The van der Waals surface area contributed by atoms with Crippen LogP contribution in [-0.4, -0.2) is 26.5 Å². The number of fused-ring (bicyclic) bond motifs is 2. The lowest BCUT2D eigenvalue weighted by Gasteiger charge is -2.43. The minimum absolute atomic E-state index is 0.0220. The third-order valence-electron chi connectivity index (χ3n) is 9.25. The maximum atomic E-state index is 10.7. The maximum absolute atomic E-state index is 10.7. The lowest BCUT2D eigenvalue weighted by molar-refractivity contribution is 0.0753. The van der Waals surface area contributed by atoms with Crippen molar-refractivity contribution in [2.75, 3.05) is 7.11 Å². The summed E-state index contributed by atoms with van der Waals surface area (Å²) in [6.45, 7) is 7.79. The van der Waals surface area contributed by atoms with Crippen LogP contribution in [0.4, 0.5) is 0 Å². The smallest absolute Gasteiger partial charge is 0.347 e. The third-order valence-corrected chi connectivity index (χ3v) is 15.6.